The maximum absolute atomic E-state index is 11.7. The molecule has 18 heavy (non-hydrogen) atoms. The molecule has 0 unspecified atom stereocenters. The molecule has 1 heterocycles. The van der Waals surface area contributed by atoms with Crippen LogP contribution in [-0.2, 0) is 20.8 Å². The second-order valence-electron chi connectivity index (χ2n) is 4.17. The average molecular weight is 246 g/mol. The molecule has 0 atom stereocenters. The molecule has 1 aromatic carbocycles. The van der Waals surface area contributed by atoms with Gasteiger partial charge in [0, 0.05) is 12.8 Å². The van der Waals surface area contributed by atoms with Crippen molar-refractivity contribution in [1.29, 1.82) is 0 Å². The van der Waals surface area contributed by atoms with Crippen molar-refractivity contribution in [2.24, 2.45) is 0 Å². The molecule has 0 bridgehead atoms. The first-order valence-corrected chi connectivity index (χ1v) is 5.86. The van der Waals surface area contributed by atoms with Crippen LogP contribution in [0.4, 0.5) is 0 Å². The molecule has 1 saturated heterocycles. The lowest BCUT2D eigenvalue weighted by Gasteiger charge is -2.24. The van der Waals surface area contributed by atoms with E-state index in [2.05, 4.69) is 5.43 Å². The second-order valence-corrected chi connectivity index (χ2v) is 4.17. The van der Waals surface area contributed by atoms with E-state index >= 15 is 0 Å². The molecule has 5 nitrogen and oxygen atoms in total. The normalized spacial score (nSPS) is 15.7. The van der Waals surface area contributed by atoms with Crippen molar-refractivity contribution in [2.45, 2.75) is 25.7 Å². The van der Waals surface area contributed by atoms with Crippen LogP contribution in [0.15, 0.2) is 30.3 Å². The van der Waals surface area contributed by atoms with Crippen LogP contribution in [0.2, 0.25) is 0 Å². The summed E-state index contributed by atoms with van der Waals surface area (Å²) < 4.78 is 0. The van der Waals surface area contributed by atoms with E-state index in [0.717, 1.165) is 10.6 Å². The van der Waals surface area contributed by atoms with Gasteiger partial charge in [0.25, 0.3) is 0 Å². The minimum Gasteiger partial charge on any atom is -0.273 e. The number of hydrogen-bond donors (Lipinski definition) is 1. The van der Waals surface area contributed by atoms with Crippen LogP contribution in [-0.4, -0.2) is 22.7 Å². The Balaban J connectivity index is 1.94. The van der Waals surface area contributed by atoms with Gasteiger partial charge in [0.15, 0.2) is 0 Å². The summed E-state index contributed by atoms with van der Waals surface area (Å²) in [4.78, 5) is 34.7. The Morgan fingerprint density at radius 2 is 1.72 bits per heavy atom. The van der Waals surface area contributed by atoms with Gasteiger partial charge in [-0.15, -0.1) is 0 Å². The first-order chi connectivity index (χ1) is 8.66. The van der Waals surface area contributed by atoms with Gasteiger partial charge >= 0.3 is 0 Å². The third kappa shape index (κ3) is 2.94. The maximum atomic E-state index is 11.7. The zero-order chi connectivity index (χ0) is 13.0. The van der Waals surface area contributed by atoms with Crippen LogP contribution < -0.4 is 5.43 Å². The number of hydrazine groups is 1. The van der Waals surface area contributed by atoms with Crippen LogP contribution in [0.1, 0.15) is 24.8 Å². The Morgan fingerprint density at radius 1 is 1.11 bits per heavy atom. The predicted octanol–water partition coefficient (Wildman–Crippen LogP) is 0.799. The van der Waals surface area contributed by atoms with Crippen molar-refractivity contribution >= 4 is 17.7 Å². The lowest BCUT2D eigenvalue weighted by molar-refractivity contribution is -0.156. The highest BCUT2D eigenvalue weighted by Crippen LogP contribution is 2.10. The number of carbonyl (C=O) groups excluding carboxylic acids is 3. The molecular formula is C13H14N2O3. The summed E-state index contributed by atoms with van der Waals surface area (Å²) in [6.07, 6.45) is 1.31. The van der Waals surface area contributed by atoms with Crippen molar-refractivity contribution < 1.29 is 14.4 Å². The molecule has 1 fully saturated rings. The van der Waals surface area contributed by atoms with Gasteiger partial charge < -0.3 is 0 Å². The van der Waals surface area contributed by atoms with E-state index in [1.54, 1.807) is 0 Å². The Morgan fingerprint density at radius 3 is 2.33 bits per heavy atom. The fourth-order valence-corrected chi connectivity index (χ4v) is 1.82. The number of nitrogens with one attached hydrogen (secondary N) is 1. The molecule has 0 spiro atoms. The van der Waals surface area contributed by atoms with Crippen molar-refractivity contribution in [2.75, 3.05) is 0 Å². The molecule has 1 aliphatic rings. The molecule has 0 radical (unpaired) electrons. The van der Waals surface area contributed by atoms with E-state index in [4.69, 9.17) is 0 Å². The Bertz CT molecular complexity index is 454. The van der Waals surface area contributed by atoms with E-state index in [9.17, 15) is 14.4 Å². The Labute approximate surface area is 105 Å². The fraction of sp³-hybridized carbons (Fsp3) is 0.308. The largest absolute Gasteiger partial charge is 0.273 e. The average Bonchev–Trinajstić information content (AvgIpc) is 2.35. The molecule has 3 amide bonds. The van der Waals surface area contributed by atoms with Crippen molar-refractivity contribution in [3.05, 3.63) is 35.9 Å². The van der Waals surface area contributed by atoms with Crippen LogP contribution >= 0.6 is 0 Å². The van der Waals surface area contributed by atoms with Gasteiger partial charge in [-0.1, -0.05) is 30.3 Å². The zero-order valence-electron chi connectivity index (χ0n) is 9.89. The summed E-state index contributed by atoms with van der Waals surface area (Å²) in [6.45, 7) is 0. The third-order valence-electron chi connectivity index (χ3n) is 2.72. The van der Waals surface area contributed by atoms with Gasteiger partial charge in [0.1, 0.15) is 0 Å². The molecule has 94 valence electrons. The highest BCUT2D eigenvalue weighted by molar-refractivity contribution is 5.99. The lowest BCUT2D eigenvalue weighted by Crippen LogP contribution is -2.52. The number of imide groups is 1. The Kier molecular flexibility index (Phi) is 3.72. The minimum absolute atomic E-state index is 0.151. The van der Waals surface area contributed by atoms with E-state index in [1.807, 2.05) is 30.3 Å². The van der Waals surface area contributed by atoms with E-state index in [0.29, 0.717) is 19.3 Å². The van der Waals surface area contributed by atoms with Gasteiger partial charge in [0.2, 0.25) is 17.7 Å². The SMILES string of the molecule is O=C(Cc1ccccc1)NN1C(=O)CCCC1=O. The lowest BCUT2D eigenvalue weighted by atomic mass is 10.1. The van der Waals surface area contributed by atoms with E-state index in [1.165, 1.54) is 0 Å². The van der Waals surface area contributed by atoms with Gasteiger partial charge in [-0.25, -0.2) is 0 Å². The van der Waals surface area contributed by atoms with Crippen molar-refractivity contribution in [1.82, 2.24) is 10.4 Å². The monoisotopic (exact) mass is 246 g/mol. The molecular weight excluding hydrogens is 232 g/mol. The van der Waals surface area contributed by atoms with Crippen LogP contribution in [0, 0.1) is 0 Å². The Hall–Kier alpha value is -2.17. The highest BCUT2D eigenvalue weighted by Gasteiger charge is 2.27. The molecule has 0 aromatic heterocycles. The molecule has 1 aromatic rings. The molecule has 0 saturated carbocycles. The van der Waals surface area contributed by atoms with Gasteiger partial charge in [-0.3, -0.25) is 19.8 Å². The van der Waals surface area contributed by atoms with Crippen LogP contribution in [0.5, 0.6) is 0 Å². The second kappa shape index (κ2) is 5.44. The number of rotatable bonds is 3. The number of benzene rings is 1. The third-order valence-corrected chi connectivity index (χ3v) is 2.72. The fourth-order valence-electron chi connectivity index (χ4n) is 1.82. The summed E-state index contributed by atoms with van der Waals surface area (Å²) in [5, 5.41) is 0.842. The van der Waals surface area contributed by atoms with Crippen molar-refractivity contribution in [3.8, 4) is 0 Å². The van der Waals surface area contributed by atoms with Crippen LogP contribution in [0.25, 0.3) is 0 Å². The predicted molar refractivity (Wildman–Crippen MR) is 64.0 cm³/mol. The summed E-state index contributed by atoms with van der Waals surface area (Å²) >= 11 is 0. The molecule has 0 aliphatic carbocycles. The van der Waals surface area contributed by atoms with Crippen LogP contribution in [0.3, 0.4) is 0 Å². The summed E-state index contributed by atoms with van der Waals surface area (Å²) in [7, 11) is 0. The number of piperidine rings is 1. The number of nitrogens with zero attached hydrogens (tertiary/aromatic N) is 1. The first kappa shape index (κ1) is 12.3. The van der Waals surface area contributed by atoms with Gasteiger partial charge in [-0.2, -0.15) is 5.01 Å². The number of carbonyl (C=O) groups is 3. The first-order valence-electron chi connectivity index (χ1n) is 5.86. The quantitative estimate of drug-likeness (QED) is 0.802. The molecule has 5 heteroatoms. The molecule has 2 rings (SSSR count). The maximum Gasteiger partial charge on any atom is 0.248 e. The summed E-state index contributed by atoms with van der Waals surface area (Å²) in [5.41, 5.74) is 3.20. The number of amides is 3. The minimum atomic E-state index is -0.357. The van der Waals surface area contributed by atoms with Crippen molar-refractivity contribution in [3.63, 3.8) is 0 Å². The highest BCUT2D eigenvalue weighted by atomic mass is 16.2. The van der Waals surface area contributed by atoms with E-state index < -0.39 is 0 Å². The standard InChI is InChI=1S/C13H14N2O3/c16-11(9-10-5-2-1-3-6-10)14-15-12(17)7-4-8-13(15)18/h1-3,5-6H,4,7-9H2,(H,14,16). The molecule has 1 aliphatic heterocycles. The van der Waals surface area contributed by atoms with E-state index in [-0.39, 0.29) is 24.1 Å². The molecule has 1 N–H and O–H groups in total. The van der Waals surface area contributed by atoms with Gasteiger partial charge in [0.05, 0.1) is 6.42 Å². The smallest absolute Gasteiger partial charge is 0.248 e. The number of hydrogen-bond acceptors (Lipinski definition) is 3. The summed E-state index contributed by atoms with van der Waals surface area (Å²) in [6, 6.07) is 9.16. The zero-order valence-corrected chi connectivity index (χ0v) is 9.89. The summed E-state index contributed by atoms with van der Waals surface area (Å²) in [5.74, 6) is -1.04. The van der Waals surface area contributed by atoms with Gasteiger partial charge in [-0.05, 0) is 12.0 Å². The topological polar surface area (TPSA) is 66.5 Å².